The number of carbonyl (C=O) groups is 3. The molecule has 28 heavy (non-hydrogen) atoms. The van der Waals surface area contributed by atoms with Gasteiger partial charge in [-0.3, -0.25) is 19.3 Å². The van der Waals surface area contributed by atoms with E-state index in [1.54, 1.807) is 0 Å². The van der Waals surface area contributed by atoms with Gasteiger partial charge in [0.2, 0.25) is 5.91 Å². The predicted molar refractivity (Wildman–Crippen MR) is 106 cm³/mol. The number of hydrogen-bond acceptors (Lipinski definition) is 6. The van der Waals surface area contributed by atoms with Crippen molar-refractivity contribution in [1.82, 2.24) is 19.6 Å². The molecule has 3 aliphatic rings. The molecule has 3 saturated heterocycles. The van der Waals surface area contributed by atoms with Crippen LogP contribution in [0.3, 0.4) is 0 Å². The van der Waals surface area contributed by atoms with E-state index in [-0.39, 0.29) is 12.9 Å². The van der Waals surface area contributed by atoms with E-state index >= 15 is 0 Å². The van der Waals surface area contributed by atoms with E-state index in [1.165, 1.54) is 38.8 Å². The number of piperidine rings is 1. The normalized spacial score (nSPS) is 23.0. The van der Waals surface area contributed by atoms with E-state index in [4.69, 9.17) is 19.8 Å². The molecule has 0 aromatic rings. The summed E-state index contributed by atoms with van der Waals surface area (Å²) in [5.74, 6) is 0.361. The number of likely N-dealkylation sites (N-methyl/N-ethyl adjacent to an activating group) is 1. The van der Waals surface area contributed by atoms with E-state index in [9.17, 15) is 4.79 Å². The third-order valence-electron chi connectivity index (χ3n) is 6.01. The lowest BCUT2D eigenvalue weighted by Crippen LogP contribution is -2.43. The van der Waals surface area contributed by atoms with Gasteiger partial charge in [-0.25, -0.2) is 0 Å². The number of carbonyl (C=O) groups excluding carboxylic acids is 1. The van der Waals surface area contributed by atoms with Gasteiger partial charge in [0.05, 0.1) is 6.54 Å². The van der Waals surface area contributed by atoms with Crippen molar-refractivity contribution in [2.45, 2.75) is 25.7 Å². The Morgan fingerprint density at radius 1 is 0.857 bits per heavy atom. The summed E-state index contributed by atoms with van der Waals surface area (Å²) in [5, 5.41) is 13.8. The molecule has 0 saturated carbocycles. The van der Waals surface area contributed by atoms with E-state index < -0.39 is 0 Å². The van der Waals surface area contributed by atoms with Crippen LogP contribution in [0.4, 0.5) is 0 Å². The fraction of sp³-hybridized carbons (Fsp3) is 0.842. The summed E-state index contributed by atoms with van der Waals surface area (Å²) in [6.07, 6.45) is 4.93. The molecule has 0 aromatic heterocycles. The van der Waals surface area contributed by atoms with Crippen LogP contribution in [0.5, 0.6) is 0 Å². The largest absolute Gasteiger partial charge is 0.483 e. The van der Waals surface area contributed by atoms with E-state index in [1.807, 2.05) is 0 Å². The van der Waals surface area contributed by atoms with Crippen molar-refractivity contribution >= 4 is 18.9 Å². The maximum atomic E-state index is 12.7. The van der Waals surface area contributed by atoms with Crippen LogP contribution in [0, 0.1) is 5.41 Å². The summed E-state index contributed by atoms with van der Waals surface area (Å²) in [5.41, 5.74) is 0.432. The van der Waals surface area contributed by atoms with Crippen molar-refractivity contribution in [3.8, 4) is 0 Å². The lowest BCUT2D eigenvalue weighted by atomic mass is 9.78. The molecule has 0 unspecified atom stereocenters. The molecule has 0 radical (unpaired) electrons. The molecule has 9 nitrogen and oxygen atoms in total. The smallest absolute Gasteiger partial charge is 0.290 e. The van der Waals surface area contributed by atoms with Crippen LogP contribution in [0.1, 0.15) is 25.7 Å². The number of nitrogens with zero attached hydrogens (tertiary/aromatic N) is 4. The van der Waals surface area contributed by atoms with Gasteiger partial charge in [-0.15, -0.1) is 0 Å². The molecule has 3 aliphatic heterocycles. The van der Waals surface area contributed by atoms with Crippen molar-refractivity contribution in [3.63, 3.8) is 0 Å². The maximum absolute atomic E-state index is 12.7. The van der Waals surface area contributed by atoms with Gasteiger partial charge in [-0.1, -0.05) is 0 Å². The number of rotatable bonds is 2. The zero-order valence-corrected chi connectivity index (χ0v) is 17.3. The molecular weight excluding hydrogens is 364 g/mol. The lowest BCUT2D eigenvalue weighted by Gasteiger charge is -2.37. The van der Waals surface area contributed by atoms with Gasteiger partial charge in [-0.05, 0) is 71.4 Å². The monoisotopic (exact) mass is 400 g/mol. The van der Waals surface area contributed by atoms with Gasteiger partial charge in [0.1, 0.15) is 0 Å². The van der Waals surface area contributed by atoms with Gasteiger partial charge in [0.15, 0.2) is 0 Å². The highest BCUT2D eigenvalue weighted by molar-refractivity contribution is 5.78. The number of likely N-dealkylation sites (tertiary alicyclic amines) is 2. The number of amides is 1. The molecule has 0 atom stereocenters. The maximum Gasteiger partial charge on any atom is 0.290 e. The fourth-order valence-corrected chi connectivity index (χ4v) is 4.20. The summed E-state index contributed by atoms with van der Waals surface area (Å²) >= 11 is 0. The highest BCUT2D eigenvalue weighted by Gasteiger charge is 2.41. The van der Waals surface area contributed by atoms with Crippen LogP contribution in [0.2, 0.25) is 0 Å². The molecule has 9 heteroatoms. The summed E-state index contributed by atoms with van der Waals surface area (Å²) in [4.78, 5) is 38.7. The summed E-state index contributed by atoms with van der Waals surface area (Å²) < 4.78 is 0. The van der Waals surface area contributed by atoms with Gasteiger partial charge in [-0.2, -0.15) is 0 Å². The first-order valence-corrected chi connectivity index (χ1v) is 9.92. The Kier molecular flexibility index (Phi) is 11.0. The van der Waals surface area contributed by atoms with Crippen LogP contribution >= 0.6 is 0 Å². The standard InChI is InChI=1S/C17H32N4O.2CH2O2/c1-18-7-3-8-20(13-12-18)14-16(22)21-11-6-17(15-21)4-9-19(2)10-5-17;2*2-1-3/h3-15H2,1-2H3;2*1H,(H,2,3). The molecule has 3 heterocycles. The molecular formula is C19H36N4O5. The topological polar surface area (TPSA) is 105 Å². The first-order valence-electron chi connectivity index (χ1n) is 9.92. The molecule has 3 fully saturated rings. The SMILES string of the molecule is CN1CCCN(CC(=O)N2CCC3(CCN(C)CC3)C2)CC1.O=CO.O=CO. The lowest BCUT2D eigenvalue weighted by molar-refractivity contribution is -0.132. The average molecular weight is 401 g/mol. The summed E-state index contributed by atoms with van der Waals surface area (Å²) in [7, 11) is 4.39. The Labute approximate surface area is 167 Å². The van der Waals surface area contributed by atoms with Crippen molar-refractivity contribution in [3.05, 3.63) is 0 Å². The van der Waals surface area contributed by atoms with Gasteiger partial charge >= 0.3 is 0 Å². The Bertz CT molecular complexity index is 477. The summed E-state index contributed by atoms with van der Waals surface area (Å²) in [6.45, 7) is 8.86. The Hall–Kier alpha value is -1.71. The zero-order valence-electron chi connectivity index (χ0n) is 17.3. The third kappa shape index (κ3) is 8.12. The number of carboxylic acid groups (broad SMARTS) is 2. The highest BCUT2D eigenvalue weighted by Crippen LogP contribution is 2.40. The first kappa shape index (κ1) is 24.3. The second kappa shape index (κ2) is 12.7. The molecule has 0 aliphatic carbocycles. The second-order valence-electron chi connectivity index (χ2n) is 8.01. The number of hydrogen-bond donors (Lipinski definition) is 2. The van der Waals surface area contributed by atoms with E-state index in [2.05, 4.69) is 33.7 Å². The zero-order chi connectivity index (χ0) is 21.0. The fourth-order valence-electron chi connectivity index (χ4n) is 4.20. The van der Waals surface area contributed by atoms with Gasteiger partial charge in [0, 0.05) is 26.2 Å². The minimum Gasteiger partial charge on any atom is -0.483 e. The molecule has 1 amide bonds. The third-order valence-corrected chi connectivity index (χ3v) is 6.01. The average Bonchev–Trinajstić information content (AvgIpc) is 2.97. The van der Waals surface area contributed by atoms with E-state index in [0.717, 1.165) is 39.3 Å². The summed E-state index contributed by atoms with van der Waals surface area (Å²) in [6, 6.07) is 0. The second-order valence-corrected chi connectivity index (χ2v) is 8.01. The minimum absolute atomic E-state index is 0.250. The van der Waals surface area contributed by atoms with Crippen molar-refractivity contribution in [2.24, 2.45) is 5.41 Å². The van der Waals surface area contributed by atoms with Crippen LogP contribution in [-0.2, 0) is 14.4 Å². The molecule has 2 N–H and O–H groups in total. The van der Waals surface area contributed by atoms with Crippen molar-refractivity contribution in [1.29, 1.82) is 0 Å². The minimum atomic E-state index is -0.250. The molecule has 162 valence electrons. The van der Waals surface area contributed by atoms with Gasteiger partial charge in [0.25, 0.3) is 12.9 Å². The Morgan fingerprint density at radius 2 is 1.39 bits per heavy atom. The highest BCUT2D eigenvalue weighted by atomic mass is 16.3. The van der Waals surface area contributed by atoms with Crippen LogP contribution in [0.15, 0.2) is 0 Å². The van der Waals surface area contributed by atoms with E-state index in [0.29, 0.717) is 17.9 Å². The first-order chi connectivity index (χ1) is 13.4. The Morgan fingerprint density at radius 3 is 2.00 bits per heavy atom. The quantitative estimate of drug-likeness (QED) is 0.623. The van der Waals surface area contributed by atoms with Crippen molar-refractivity contribution in [2.75, 3.05) is 73.0 Å². The predicted octanol–water partition coefficient (Wildman–Crippen LogP) is -0.0302. The van der Waals surface area contributed by atoms with Crippen molar-refractivity contribution < 1.29 is 24.6 Å². The molecule has 0 aromatic carbocycles. The van der Waals surface area contributed by atoms with Gasteiger partial charge < -0.3 is 24.9 Å². The molecule has 0 bridgehead atoms. The van der Waals surface area contributed by atoms with Crippen LogP contribution < -0.4 is 0 Å². The molecule has 1 spiro atoms. The molecule has 3 rings (SSSR count). The van der Waals surface area contributed by atoms with Crippen LogP contribution in [0.25, 0.3) is 0 Å². The Balaban J connectivity index is 0.000000582. The van der Waals surface area contributed by atoms with Crippen LogP contribution in [-0.4, -0.2) is 122 Å².